The second-order valence-corrected chi connectivity index (χ2v) is 7.68. The molecule has 0 saturated carbocycles. The standard InChI is InChI=1S/C16H15ClFN5O3S/c17-14-9-12(3-6-15(14)27(25,26)19-7-8-24)16-20-22-23(21-16)10-11-1-4-13(18)5-2-11/h1-6,9,19,24H,7-8,10H2. The first-order valence-electron chi connectivity index (χ1n) is 7.82. The van der Waals surface area contributed by atoms with Crippen LogP contribution in [0.25, 0.3) is 11.4 Å². The molecule has 3 rings (SSSR count). The van der Waals surface area contributed by atoms with E-state index in [1.807, 2.05) is 0 Å². The number of benzene rings is 2. The van der Waals surface area contributed by atoms with Gasteiger partial charge in [0.15, 0.2) is 0 Å². The van der Waals surface area contributed by atoms with Crippen LogP contribution in [0.1, 0.15) is 5.56 Å². The molecule has 27 heavy (non-hydrogen) atoms. The molecule has 142 valence electrons. The lowest BCUT2D eigenvalue weighted by molar-refractivity contribution is 0.301. The summed E-state index contributed by atoms with van der Waals surface area (Å²) in [4.78, 5) is 1.23. The summed E-state index contributed by atoms with van der Waals surface area (Å²) in [5, 5.41) is 20.8. The Labute approximate surface area is 159 Å². The molecular formula is C16H15ClFN5O3S. The van der Waals surface area contributed by atoms with Crippen molar-refractivity contribution in [1.29, 1.82) is 0 Å². The second-order valence-electron chi connectivity index (χ2n) is 5.54. The van der Waals surface area contributed by atoms with Gasteiger partial charge in [0.1, 0.15) is 10.7 Å². The van der Waals surface area contributed by atoms with Gasteiger partial charge in [0.05, 0.1) is 18.2 Å². The molecule has 1 aromatic heterocycles. The summed E-state index contributed by atoms with van der Waals surface area (Å²) < 4.78 is 39.4. The smallest absolute Gasteiger partial charge is 0.242 e. The van der Waals surface area contributed by atoms with Crippen molar-refractivity contribution in [3.8, 4) is 11.4 Å². The highest BCUT2D eigenvalue weighted by Gasteiger charge is 2.19. The Bertz CT molecular complexity index is 1040. The number of aromatic nitrogens is 4. The van der Waals surface area contributed by atoms with Gasteiger partial charge in [-0.25, -0.2) is 17.5 Å². The summed E-state index contributed by atoms with van der Waals surface area (Å²) in [5.74, 6) is -0.0598. The van der Waals surface area contributed by atoms with Crippen molar-refractivity contribution in [2.45, 2.75) is 11.4 Å². The van der Waals surface area contributed by atoms with Gasteiger partial charge >= 0.3 is 0 Å². The molecule has 0 aliphatic carbocycles. The predicted octanol–water partition coefficient (Wildman–Crippen LogP) is 1.45. The van der Waals surface area contributed by atoms with Crippen LogP contribution in [0.4, 0.5) is 4.39 Å². The van der Waals surface area contributed by atoms with Crippen molar-refractivity contribution < 1.29 is 17.9 Å². The minimum Gasteiger partial charge on any atom is -0.395 e. The number of sulfonamides is 1. The lowest BCUT2D eigenvalue weighted by Crippen LogP contribution is -2.26. The molecule has 0 radical (unpaired) electrons. The highest BCUT2D eigenvalue weighted by molar-refractivity contribution is 7.89. The van der Waals surface area contributed by atoms with Gasteiger partial charge < -0.3 is 5.11 Å². The van der Waals surface area contributed by atoms with Crippen LogP contribution in [0.5, 0.6) is 0 Å². The zero-order valence-corrected chi connectivity index (χ0v) is 15.5. The van der Waals surface area contributed by atoms with Gasteiger partial charge in [-0.1, -0.05) is 23.7 Å². The minimum atomic E-state index is -3.83. The van der Waals surface area contributed by atoms with Crippen LogP contribution >= 0.6 is 11.6 Å². The fraction of sp³-hybridized carbons (Fsp3) is 0.188. The maximum atomic E-state index is 13.0. The van der Waals surface area contributed by atoms with Crippen LogP contribution in [0.3, 0.4) is 0 Å². The number of nitrogens with one attached hydrogen (secondary N) is 1. The summed E-state index contributed by atoms with van der Waals surface area (Å²) >= 11 is 6.09. The molecule has 0 fully saturated rings. The first-order chi connectivity index (χ1) is 12.9. The molecule has 0 unspecified atom stereocenters. The van der Waals surface area contributed by atoms with E-state index < -0.39 is 10.0 Å². The fourth-order valence-electron chi connectivity index (χ4n) is 2.29. The summed E-state index contributed by atoms with van der Waals surface area (Å²) in [6.07, 6.45) is 0. The Hall–Kier alpha value is -2.40. The van der Waals surface area contributed by atoms with Crippen molar-refractivity contribution in [2.24, 2.45) is 0 Å². The van der Waals surface area contributed by atoms with Crippen molar-refractivity contribution in [3.05, 3.63) is 58.9 Å². The van der Waals surface area contributed by atoms with Crippen molar-refractivity contribution >= 4 is 21.6 Å². The van der Waals surface area contributed by atoms with Crippen molar-refractivity contribution in [2.75, 3.05) is 13.2 Å². The van der Waals surface area contributed by atoms with Crippen LogP contribution < -0.4 is 4.72 Å². The molecule has 3 aromatic rings. The zero-order chi connectivity index (χ0) is 19.4. The topological polar surface area (TPSA) is 110 Å². The van der Waals surface area contributed by atoms with Crippen molar-refractivity contribution in [1.82, 2.24) is 24.9 Å². The Balaban J connectivity index is 1.80. The van der Waals surface area contributed by atoms with Gasteiger partial charge in [0.2, 0.25) is 15.8 Å². The number of hydrogen-bond acceptors (Lipinski definition) is 6. The summed E-state index contributed by atoms with van der Waals surface area (Å²) in [5.41, 5.74) is 1.29. The number of aliphatic hydroxyl groups excluding tert-OH is 1. The number of tetrazole rings is 1. The lowest BCUT2D eigenvalue weighted by Gasteiger charge is -2.08. The van der Waals surface area contributed by atoms with E-state index in [0.29, 0.717) is 12.1 Å². The first-order valence-corrected chi connectivity index (χ1v) is 9.68. The molecule has 2 aromatic carbocycles. The average Bonchev–Trinajstić information content (AvgIpc) is 3.10. The van der Waals surface area contributed by atoms with E-state index in [1.54, 1.807) is 12.1 Å². The third-order valence-electron chi connectivity index (χ3n) is 3.57. The zero-order valence-electron chi connectivity index (χ0n) is 13.9. The van der Waals surface area contributed by atoms with Gasteiger partial charge in [-0.15, -0.1) is 10.2 Å². The molecule has 0 saturated heterocycles. The quantitative estimate of drug-likeness (QED) is 0.609. The molecular weight excluding hydrogens is 397 g/mol. The van der Waals surface area contributed by atoms with Crippen LogP contribution in [0.15, 0.2) is 47.4 Å². The maximum absolute atomic E-state index is 13.0. The third-order valence-corrected chi connectivity index (χ3v) is 5.52. The summed E-state index contributed by atoms with van der Waals surface area (Å²) in [6.45, 7) is -0.131. The predicted molar refractivity (Wildman–Crippen MR) is 96.0 cm³/mol. The van der Waals surface area contributed by atoms with E-state index in [9.17, 15) is 12.8 Å². The third kappa shape index (κ3) is 4.66. The Morgan fingerprint density at radius 1 is 1.19 bits per heavy atom. The molecule has 0 bridgehead atoms. The molecule has 2 N–H and O–H groups in total. The van der Waals surface area contributed by atoms with E-state index in [2.05, 4.69) is 20.1 Å². The van der Waals surface area contributed by atoms with Crippen molar-refractivity contribution in [3.63, 3.8) is 0 Å². The maximum Gasteiger partial charge on any atom is 0.242 e. The molecule has 8 nitrogen and oxygen atoms in total. The van der Waals surface area contributed by atoms with Crippen LogP contribution in [0, 0.1) is 5.82 Å². The summed E-state index contributed by atoms with van der Waals surface area (Å²) in [7, 11) is -3.83. The first kappa shape index (κ1) is 19.4. The molecule has 0 spiro atoms. The van der Waals surface area contributed by atoms with E-state index in [-0.39, 0.29) is 34.7 Å². The molecule has 11 heteroatoms. The SMILES string of the molecule is O=S(=O)(NCCO)c1ccc(-c2nnn(Cc3ccc(F)cc3)n2)cc1Cl. The monoisotopic (exact) mass is 411 g/mol. The van der Waals surface area contributed by atoms with Gasteiger partial charge in [0.25, 0.3) is 0 Å². The normalized spacial score (nSPS) is 11.7. The average molecular weight is 412 g/mol. The molecule has 0 atom stereocenters. The van der Waals surface area contributed by atoms with E-state index in [4.69, 9.17) is 16.7 Å². The van der Waals surface area contributed by atoms with E-state index in [1.165, 1.54) is 35.1 Å². The van der Waals surface area contributed by atoms with Gasteiger partial charge in [-0.05, 0) is 41.1 Å². The number of halogens is 2. The Morgan fingerprint density at radius 2 is 1.93 bits per heavy atom. The largest absolute Gasteiger partial charge is 0.395 e. The van der Waals surface area contributed by atoms with Crippen LogP contribution in [-0.4, -0.2) is 46.9 Å². The number of hydrogen-bond donors (Lipinski definition) is 2. The Kier molecular flexibility index (Phi) is 5.80. The van der Waals surface area contributed by atoms with E-state index in [0.717, 1.165) is 5.56 Å². The minimum absolute atomic E-state index is 0.00664. The molecule has 0 aliphatic heterocycles. The molecule has 1 heterocycles. The lowest BCUT2D eigenvalue weighted by atomic mass is 10.2. The molecule has 0 amide bonds. The van der Waals surface area contributed by atoms with Crippen LogP contribution in [0.2, 0.25) is 5.02 Å². The number of aliphatic hydroxyl groups is 1. The van der Waals surface area contributed by atoms with Gasteiger partial charge in [-0.2, -0.15) is 4.80 Å². The second kappa shape index (κ2) is 8.09. The highest BCUT2D eigenvalue weighted by atomic mass is 35.5. The van der Waals surface area contributed by atoms with Gasteiger partial charge in [-0.3, -0.25) is 0 Å². The molecule has 0 aliphatic rings. The number of rotatable bonds is 7. The van der Waals surface area contributed by atoms with E-state index >= 15 is 0 Å². The highest BCUT2D eigenvalue weighted by Crippen LogP contribution is 2.26. The Morgan fingerprint density at radius 3 is 2.59 bits per heavy atom. The summed E-state index contributed by atoms with van der Waals surface area (Å²) in [6, 6.07) is 10.2. The van der Waals surface area contributed by atoms with Crippen LogP contribution in [-0.2, 0) is 16.6 Å². The number of nitrogens with zero attached hydrogens (tertiary/aromatic N) is 4. The fourth-order valence-corrected chi connectivity index (χ4v) is 3.86. The van der Waals surface area contributed by atoms with Gasteiger partial charge in [0, 0.05) is 12.1 Å².